The first-order valence-corrected chi connectivity index (χ1v) is 11.0. The number of hydrogen-bond donors (Lipinski definition) is 0. The maximum absolute atomic E-state index is 5.82. The summed E-state index contributed by atoms with van der Waals surface area (Å²) in [7, 11) is 5.21. The third-order valence-corrected chi connectivity index (χ3v) is 6.62. The molecule has 33 heavy (non-hydrogen) atoms. The molecular formula is C24H31ClN4O4. The second-order valence-electron chi connectivity index (χ2n) is 8.59. The Kier molecular flexibility index (Phi) is 6.81. The standard InChI is InChI=1S/C24H30N4O4.ClH/c1-14-8-17(30-4)6-7-19(14)22-15(2)26-28-23(22)25-21-13-32-12-20(21)24(28)27-10-18(31-5)9-16(27)11-29-3;/h6-8,16,18H,9-13H2,1-5H3;1H/t16-,18+;/m0./s1. The Hall–Kier alpha value is -2.39. The number of methoxy groups -OCH3 is 3. The van der Waals surface area contributed by atoms with Crippen LogP contribution < -0.4 is 9.64 Å². The van der Waals surface area contributed by atoms with Gasteiger partial charge in [0.1, 0.15) is 11.6 Å². The smallest absolute Gasteiger partial charge is 0.165 e. The number of ether oxygens (including phenoxy) is 4. The fourth-order valence-corrected chi connectivity index (χ4v) is 5.04. The fraction of sp³-hybridized carbons (Fsp3) is 0.500. The van der Waals surface area contributed by atoms with E-state index in [-0.39, 0.29) is 24.6 Å². The van der Waals surface area contributed by atoms with Gasteiger partial charge in [-0.15, -0.1) is 12.4 Å². The zero-order chi connectivity index (χ0) is 22.4. The van der Waals surface area contributed by atoms with Crippen molar-refractivity contribution < 1.29 is 18.9 Å². The van der Waals surface area contributed by atoms with Crippen LogP contribution in [0.2, 0.25) is 0 Å². The summed E-state index contributed by atoms with van der Waals surface area (Å²) in [5.41, 5.74) is 7.18. The lowest BCUT2D eigenvalue weighted by molar-refractivity contribution is 0.111. The van der Waals surface area contributed by atoms with Crippen molar-refractivity contribution in [3.63, 3.8) is 0 Å². The Labute approximate surface area is 200 Å². The van der Waals surface area contributed by atoms with E-state index in [0.717, 1.165) is 63.8 Å². The van der Waals surface area contributed by atoms with Crippen LogP contribution in [0, 0.1) is 13.8 Å². The predicted molar refractivity (Wildman–Crippen MR) is 129 cm³/mol. The van der Waals surface area contributed by atoms with Crippen LogP contribution in [0.25, 0.3) is 16.8 Å². The van der Waals surface area contributed by atoms with Crippen LogP contribution in [0.3, 0.4) is 0 Å². The molecule has 1 saturated heterocycles. The summed E-state index contributed by atoms with van der Waals surface area (Å²) in [5.74, 6) is 1.89. The molecule has 4 heterocycles. The van der Waals surface area contributed by atoms with Crippen LogP contribution >= 0.6 is 12.4 Å². The van der Waals surface area contributed by atoms with E-state index in [9.17, 15) is 0 Å². The van der Waals surface area contributed by atoms with Crippen LogP contribution in [-0.4, -0.2) is 61.2 Å². The third-order valence-electron chi connectivity index (χ3n) is 6.62. The van der Waals surface area contributed by atoms with Crippen molar-refractivity contribution in [2.75, 3.05) is 39.4 Å². The van der Waals surface area contributed by atoms with Crippen LogP contribution in [0.1, 0.15) is 28.9 Å². The van der Waals surface area contributed by atoms with E-state index in [1.165, 1.54) is 0 Å². The zero-order valence-corrected chi connectivity index (χ0v) is 20.6. The highest BCUT2D eigenvalue weighted by atomic mass is 35.5. The Morgan fingerprint density at radius 3 is 2.67 bits per heavy atom. The molecule has 0 bridgehead atoms. The van der Waals surface area contributed by atoms with Gasteiger partial charge in [-0.1, -0.05) is 6.07 Å². The molecule has 1 aromatic carbocycles. The normalized spacial score (nSPS) is 19.7. The minimum Gasteiger partial charge on any atom is -0.497 e. The molecule has 2 aromatic heterocycles. The highest BCUT2D eigenvalue weighted by Gasteiger charge is 2.37. The van der Waals surface area contributed by atoms with Gasteiger partial charge in [-0.3, -0.25) is 0 Å². The first-order valence-electron chi connectivity index (χ1n) is 11.0. The average molecular weight is 475 g/mol. The van der Waals surface area contributed by atoms with Gasteiger partial charge >= 0.3 is 0 Å². The van der Waals surface area contributed by atoms with Crippen molar-refractivity contribution in [1.82, 2.24) is 14.6 Å². The van der Waals surface area contributed by atoms with Gasteiger partial charge in [0.25, 0.3) is 0 Å². The number of nitrogens with zero attached hydrogens (tertiary/aromatic N) is 4. The van der Waals surface area contributed by atoms with Gasteiger partial charge in [-0.2, -0.15) is 9.61 Å². The van der Waals surface area contributed by atoms with E-state index in [4.69, 9.17) is 29.0 Å². The largest absolute Gasteiger partial charge is 0.497 e. The molecule has 0 spiro atoms. The van der Waals surface area contributed by atoms with Gasteiger partial charge in [-0.05, 0) is 43.5 Å². The Morgan fingerprint density at radius 2 is 1.97 bits per heavy atom. The summed E-state index contributed by atoms with van der Waals surface area (Å²) >= 11 is 0. The van der Waals surface area contributed by atoms with Crippen molar-refractivity contribution in [1.29, 1.82) is 0 Å². The molecule has 0 unspecified atom stereocenters. The van der Waals surface area contributed by atoms with Crippen LogP contribution in [0.5, 0.6) is 5.75 Å². The summed E-state index contributed by atoms with van der Waals surface area (Å²) in [6.45, 7) is 6.61. The van der Waals surface area contributed by atoms with Gasteiger partial charge in [-0.25, -0.2) is 4.98 Å². The molecule has 0 amide bonds. The quantitative estimate of drug-likeness (QED) is 0.539. The maximum atomic E-state index is 5.82. The SMILES string of the molecule is COC[C@@H]1C[C@@H](OC)CN1c1c2c(nc3c(-c4ccc(OC)cc4C)c(C)nn13)COC2.Cl. The molecule has 8 nitrogen and oxygen atoms in total. The number of aryl methyl sites for hydroxylation is 2. The number of rotatable bonds is 6. The van der Waals surface area contributed by atoms with E-state index in [0.29, 0.717) is 19.8 Å². The maximum Gasteiger partial charge on any atom is 0.165 e. The summed E-state index contributed by atoms with van der Waals surface area (Å²) in [4.78, 5) is 7.41. The number of anilines is 1. The predicted octanol–water partition coefficient (Wildman–Crippen LogP) is 3.71. The number of benzene rings is 1. The molecule has 2 aliphatic rings. The fourth-order valence-electron chi connectivity index (χ4n) is 5.04. The third kappa shape index (κ3) is 3.95. The molecule has 2 aliphatic heterocycles. The lowest BCUT2D eigenvalue weighted by Gasteiger charge is -2.28. The molecule has 0 N–H and O–H groups in total. The number of halogens is 1. The molecule has 2 atom stereocenters. The highest BCUT2D eigenvalue weighted by Crippen LogP contribution is 2.39. The lowest BCUT2D eigenvalue weighted by atomic mass is 10.0. The number of aromatic nitrogens is 3. The molecule has 0 radical (unpaired) electrons. The summed E-state index contributed by atoms with van der Waals surface area (Å²) < 4.78 is 24.5. The summed E-state index contributed by atoms with van der Waals surface area (Å²) in [6.07, 6.45) is 1.06. The molecule has 9 heteroatoms. The molecule has 5 rings (SSSR count). The Balaban J connectivity index is 0.00000259. The van der Waals surface area contributed by atoms with Gasteiger partial charge < -0.3 is 23.8 Å². The summed E-state index contributed by atoms with van der Waals surface area (Å²) in [6, 6.07) is 6.33. The van der Waals surface area contributed by atoms with Crippen molar-refractivity contribution >= 4 is 23.9 Å². The number of fused-ring (bicyclic) bond motifs is 2. The molecule has 3 aromatic rings. The lowest BCUT2D eigenvalue weighted by Crippen LogP contribution is -2.35. The van der Waals surface area contributed by atoms with E-state index in [2.05, 4.69) is 17.9 Å². The number of hydrogen-bond acceptors (Lipinski definition) is 7. The van der Waals surface area contributed by atoms with Crippen LogP contribution in [0.4, 0.5) is 5.82 Å². The van der Waals surface area contributed by atoms with Gasteiger partial charge in [0, 0.05) is 31.9 Å². The molecular weight excluding hydrogens is 444 g/mol. The van der Waals surface area contributed by atoms with Crippen molar-refractivity contribution in [3.05, 3.63) is 40.7 Å². The summed E-state index contributed by atoms with van der Waals surface area (Å²) in [5, 5.41) is 4.98. The van der Waals surface area contributed by atoms with Gasteiger partial charge in [0.15, 0.2) is 5.65 Å². The second-order valence-corrected chi connectivity index (χ2v) is 8.59. The monoisotopic (exact) mass is 474 g/mol. The molecule has 178 valence electrons. The van der Waals surface area contributed by atoms with E-state index >= 15 is 0 Å². The van der Waals surface area contributed by atoms with E-state index < -0.39 is 0 Å². The first kappa shape index (κ1) is 23.8. The molecule has 1 fully saturated rings. The first-order chi connectivity index (χ1) is 15.5. The van der Waals surface area contributed by atoms with E-state index in [1.54, 1.807) is 21.3 Å². The Morgan fingerprint density at radius 1 is 1.15 bits per heavy atom. The van der Waals surface area contributed by atoms with Gasteiger partial charge in [0.2, 0.25) is 0 Å². The van der Waals surface area contributed by atoms with Crippen molar-refractivity contribution in [3.8, 4) is 16.9 Å². The van der Waals surface area contributed by atoms with Crippen molar-refractivity contribution in [2.45, 2.75) is 45.6 Å². The van der Waals surface area contributed by atoms with Crippen molar-refractivity contribution in [2.24, 2.45) is 0 Å². The van der Waals surface area contributed by atoms with E-state index in [1.807, 2.05) is 23.6 Å². The Bertz CT molecular complexity index is 1170. The highest BCUT2D eigenvalue weighted by molar-refractivity contribution is 5.85. The van der Waals surface area contributed by atoms with Crippen LogP contribution in [0.15, 0.2) is 18.2 Å². The topological polar surface area (TPSA) is 70.4 Å². The minimum atomic E-state index is 0. The molecule has 0 saturated carbocycles. The van der Waals surface area contributed by atoms with Crippen LogP contribution in [-0.2, 0) is 27.4 Å². The second kappa shape index (κ2) is 9.46. The average Bonchev–Trinajstić information content (AvgIpc) is 3.49. The molecule has 0 aliphatic carbocycles. The minimum absolute atomic E-state index is 0. The van der Waals surface area contributed by atoms with Gasteiger partial charge in [0.05, 0.1) is 50.5 Å². The zero-order valence-electron chi connectivity index (χ0n) is 19.8.